The van der Waals surface area contributed by atoms with Gasteiger partial charge in [-0.05, 0) is 47.9 Å². The lowest BCUT2D eigenvalue weighted by Crippen LogP contribution is -2.31. The van der Waals surface area contributed by atoms with E-state index in [9.17, 15) is 5.11 Å². The van der Waals surface area contributed by atoms with E-state index in [4.69, 9.17) is 16.6 Å². The van der Waals surface area contributed by atoms with E-state index in [2.05, 4.69) is 21.8 Å². The SMILES string of the molecule is CCN(C)c1nc2ccc(C(O)(c3ccncc3)c3cncn3C)cc2c(Cl)c1-c1ccccc1. The maximum atomic E-state index is 12.3. The normalized spacial score (nSPS) is 13.1. The van der Waals surface area contributed by atoms with Crippen LogP contribution in [0, 0.1) is 0 Å². The number of fused-ring (bicyclic) bond motifs is 1. The molecule has 6 nitrogen and oxygen atoms in total. The molecule has 0 aliphatic heterocycles. The van der Waals surface area contributed by atoms with Crippen molar-refractivity contribution in [2.45, 2.75) is 12.5 Å². The lowest BCUT2D eigenvalue weighted by Gasteiger charge is -2.30. The third-order valence-corrected chi connectivity index (χ3v) is 6.90. The summed E-state index contributed by atoms with van der Waals surface area (Å²) in [6, 6.07) is 19.4. The maximum Gasteiger partial charge on any atom is 0.157 e. The van der Waals surface area contributed by atoms with E-state index in [1.54, 1.807) is 24.9 Å². The summed E-state index contributed by atoms with van der Waals surface area (Å²) < 4.78 is 1.82. The van der Waals surface area contributed by atoms with Crippen molar-refractivity contribution in [3.8, 4) is 11.1 Å². The summed E-state index contributed by atoms with van der Waals surface area (Å²) >= 11 is 7.13. The first-order chi connectivity index (χ1) is 16.9. The Bertz CT molecular complexity index is 1490. The third-order valence-electron chi connectivity index (χ3n) is 6.50. The van der Waals surface area contributed by atoms with Gasteiger partial charge >= 0.3 is 0 Å². The fourth-order valence-electron chi connectivity index (χ4n) is 4.49. The molecule has 3 heterocycles. The zero-order valence-corrected chi connectivity index (χ0v) is 20.6. The molecule has 176 valence electrons. The minimum absolute atomic E-state index is 0.598. The number of aliphatic hydroxyl groups is 1. The molecule has 5 rings (SSSR count). The molecule has 0 aliphatic rings. The molecular weight excluding hydrogens is 458 g/mol. The van der Waals surface area contributed by atoms with E-state index in [1.807, 2.05) is 79.3 Å². The Hall–Kier alpha value is -3.74. The molecule has 0 spiro atoms. The summed E-state index contributed by atoms with van der Waals surface area (Å²) in [6.07, 6.45) is 6.70. The van der Waals surface area contributed by atoms with Crippen molar-refractivity contribution in [1.29, 1.82) is 0 Å². The molecule has 0 radical (unpaired) electrons. The minimum Gasteiger partial charge on any atom is -0.374 e. The van der Waals surface area contributed by atoms with Crippen LogP contribution in [0.15, 0.2) is 85.6 Å². The molecule has 0 saturated heterocycles. The summed E-state index contributed by atoms with van der Waals surface area (Å²) in [5, 5.41) is 13.6. The van der Waals surface area contributed by atoms with E-state index < -0.39 is 5.60 Å². The number of benzene rings is 2. The summed E-state index contributed by atoms with van der Waals surface area (Å²) in [7, 11) is 3.88. The van der Waals surface area contributed by atoms with Crippen LogP contribution in [0.25, 0.3) is 22.0 Å². The van der Waals surface area contributed by atoms with Crippen LogP contribution in [0.3, 0.4) is 0 Å². The highest BCUT2D eigenvalue weighted by molar-refractivity contribution is 6.38. The fourth-order valence-corrected chi connectivity index (χ4v) is 4.83. The first-order valence-corrected chi connectivity index (χ1v) is 11.8. The predicted molar refractivity (Wildman–Crippen MR) is 141 cm³/mol. The van der Waals surface area contributed by atoms with Crippen molar-refractivity contribution in [3.05, 3.63) is 107 Å². The van der Waals surface area contributed by atoms with Gasteiger partial charge < -0.3 is 14.6 Å². The number of aromatic nitrogens is 4. The molecule has 2 aromatic carbocycles. The number of hydrogen-bond donors (Lipinski definition) is 1. The van der Waals surface area contributed by atoms with Crippen LogP contribution >= 0.6 is 11.6 Å². The van der Waals surface area contributed by atoms with Crippen LogP contribution in [-0.2, 0) is 12.6 Å². The topological polar surface area (TPSA) is 67.1 Å². The second-order valence-electron chi connectivity index (χ2n) is 8.57. The van der Waals surface area contributed by atoms with Crippen LogP contribution in [0.2, 0.25) is 5.02 Å². The van der Waals surface area contributed by atoms with Gasteiger partial charge in [-0.2, -0.15) is 0 Å². The number of nitrogens with zero attached hydrogens (tertiary/aromatic N) is 5. The minimum atomic E-state index is -1.46. The smallest absolute Gasteiger partial charge is 0.157 e. The van der Waals surface area contributed by atoms with E-state index in [-0.39, 0.29) is 0 Å². The number of aryl methyl sites for hydroxylation is 1. The average molecular weight is 484 g/mol. The average Bonchev–Trinajstić information content (AvgIpc) is 3.34. The van der Waals surface area contributed by atoms with Gasteiger partial charge in [0.05, 0.1) is 28.8 Å². The van der Waals surface area contributed by atoms with Gasteiger partial charge in [0.1, 0.15) is 5.82 Å². The Morgan fingerprint density at radius 1 is 1.00 bits per heavy atom. The first-order valence-electron chi connectivity index (χ1n) is 11.4. The molecule has 0 amide bonds. The number of rotatable bonds is 6. The van der Waals surface area contributed by atoms with E-state index in [1.165, 1.54) is 0 Å². The van der Waals surface area contributed by atoms with Gasteiger partial charge in [0, 0.05) is 44.0 Å². The van der Waals surface area contributed by atoms with Gasteiger partial charge in [-0.3, -0.25) is 4.98 Å². The van der Waals surface area contributed by atoms with Crippen LogP contribution in [-0.4, -0.2) is 38.2 Å². The van der Waals surface area contributed by atoms with Crippen molar-refractivity contribution in [3.63, 3.8) is 0 Å². The molecule has 0 aliphatic carbocycles. The van der Waals surface area contributed by atoms with Crippen molar-refractivity contribution in [2.24, 2.45) is 7.05 Å². The number of pyridine rings is 2. The van der Waals surface area contributed by atoms with Crippen LogP contribution in [0.1, 0.15) is 23.7 Å². The molecule has 0 fully saturated rings. The summed E-state index contributed by atoms with van der Waals surface area (Å²) in [5.41, 5.74) is 3.15. The molecule has 0 saturated carbocycles. The third kappa shape index (κ3) is 3.85. The van der Waals surface area contributed by atoms with Crippen LogP contribution in [0.5, 0.6) is 0 Å². The number of hydrogen-bond acceptors (Lipinski definition) is 5. The highest BCUT2D eigenvalue weighted by Gasteiger charge is 2.37. The maximum absolute atomic E-state index is 12.3. The Balaban J connectivity index is 1.80. The van der Waals surface area contributed by atoms with Crippen LogP contribution < -0.4 is 4.90 Å². The largest absolute Gasteiger partial charge is 0.374 e. The Labute approximate surface area is 209 Å². The number of imidazole rings is 1. The molecule has 1 atom stereocenters. The Kier molecular flexibility index (Phi) is 6.01. The van der Waals surface area contributed by atoms with E-state index in [0.29, 0.717) is 21.8 Å². The highest BCUT2D eigenvalue weighted by Crippen LogP contribution is 2.43. The highest BCUT2D eigenvalue weighted by atomic mass is 35.5. The van der Waals surface area contributed by atoms with Crippen LogP contribution in [0.4, 0.5) is 5.82 Å². The van der Waals surface area contributed by atoms with E-state index in [0.717, 1.165) is 34.4 Å². The van der Waals surface area contributed by atoms with Gasteiger partial charge in [-0.1, -0.05) is 48.0 Å². The van der Waals surface area contributed by atoms with Gasteiger partial charge in [-0.15, -0.1) is 0 Å². The van der Waals surface area contributed by atoms with Crippen molar-refractivity contribution < 1.29 is 5.11 Å². The molecule has 1 N–H and O–H groups in total. The zero-order chi connectivity index (χ0) is 24.6. The second kappa shape index (κ2) is 9.13. The van der Waals surface area contributed by atoms with Gasteiger partial charge in [0.2, 0.25) is 0 Å². The molecule has 0 bridgehead atoms. The predicted octanol–water partition coefficient (Wildman–Crippen LogP) is 5.42. The van der Waals surface area contributed by atoms with Gasteiger partial charge in [-0.25, -0.2) is 9.97 Å². The Morgan fingerprint density at radius 2 is 1.74 bits per heavy atom. The fraction of sp³-hybridized carbons (Fsp3) is 0.179. The molecule has 7 heteroatoms. The van der Waals surface area contributed by atoms with E-state index >= 15 is 0 Å². The lowest BCUT2D eigenvalue weighted by atomic mass is 9.83. The summed E-state index contributed by atoms with van der Waals surface area (Å²) in [5.74, 6) is 0.819. The van der Waals surface area contributed by atoms with Crippen molar-refractivity contribution in [2.75, 3.05) is 18.5 Å². The van der Waals surface area contributed by atoms with Gasteiger partial charge in [0.25, 0.3) is 0 Å². The molecule has 3 aromatic heterocycles. The molecule has 5 aromatic rings. The van der Waals surface area contributed by atoms with Gasteiger partial charge in [0.15, 0.2) is 5.60 Å². The number of halogens is 1. The standard InChI is InChI=1S/C28H26ClN5O/c1-4-33(2)27-25(19-8-6-5-7-9-19)26(29)22-16-21(10-11-23(22)32-27)28(35,20-12-14-30-15-13-20)24-17-31-18-34(24)3/h5-18,35H,4H2,1-3H3. The molecular formula is C28H26ClN5O. The lowest BCUT2D eigenvalue weighted by molar-refractivity contribution is 0.117. The quantitative estimate of drug-likeness (QED) is 0.349. The first kappa shape index (κ1) is 23.0. The Morgan fingerprint density at radius 3 is 2.40 bits per heavy atom. The monoisotopic (exact) mass is 483 g/mol. The van der Waals surface area contributed by atoms with Crippen molar-refractivity contribution in [1.82, 2.24) is 19.5 Å². The summed E-state index contributed by atoms with van der Waals surface area (Å²) in [6.45, 7) is 2.87. The molecule has 1 unspecified atom stereocenters. The zero-order valence-electron chi connectivity index (χ0n) is 19.9. The molecule has 35 heavy (non-hydrogen) atoms. The second-order valence-corrected chi connectivity index (χ2v) is 8.95. The summed E-state index contributed by atoms with van der Waals surface area (Å²) in [4.78, 5) is 15.5. The van der Waals surface area contributed by atoms with Crippen molar-refractivity contribution >= 4 is 28.3 Å². The number of anilines is 1.